The molecule has 0 bridgehead atoms. The van der Waals surface area contributed by atoms with Gasteiger partial charge in [0, 0.05) is 66.1 Å². The fourth-order valence-electron chi connectivity index (χ4n) is 9.26. The van der Waals surface area contributed by atoms with E-state index in [-0.39, 0.29) is 22.5 Å². The average Bonchev–Trinajstić information content (AvgIpc) is 3.65. The number of carbonyl (C=O) groups excluding carboxylic acids is 3. The number of carbonyl (C=O) groups is 3. The Bertz CT molecular complexity index is 2690. The van der Waals surface area contributed by atoms with E-state index in [2.05, 4.69) is 82.6 Å². The summed E-state index contributed by atoms with van der Waals surface area (Å²) in [5, 5.41) is 14.0. The maximum Gasteiger partial charge on any atom is 0.408 e. The molecule has 0 aliphatic carbocycles. The largest absolute Gasteiger partial charge is 0.444 e. The molecule has 0 spiro atoms. The molecule has 5 rings (SSSR count). The molecule has 0 saturated heterocycles. The van der Waals surface area contributed by atoms with Gasteiger partial charge in [-0.15, -0.1) is 0 Å². The van der Waals surface area contributed by atoms with Crippen LogP contribution in [0.5, 0.6) is 0 Å². The molecule has 380 valence electrons. The third-order valence-corrected chi connectivity index (χ3v) is 14.4. The molecule has 6 N–H and O–H groups in total. The molecule has 3 aromatic rings. The zero-order chi connectivity index (χ0) is 51.3. The van der Waals surface area contributed by atoms with Crippen molar-refractivity contribution in [2.24, 2.45) is 5.14 Å². The quantitative estimate of drug-likeness (QED) is 0.0249. The molecular weight excluding hydrogens is 929 g/mol. The van der Waals surface area contributed by atoms with Crippen molar-refractivity contribution in [3.05, 3.63) is 120 Å². The topological polar surface area (TPSA) is 217 Å². The Labute approximate surface area is 415 Å². The average molecular weight is 1000 g/mol. The Kier molecular flexibility index (Phi) is 19.0. The van der Waals surface area contributed by atoms with E-state index in [0.29, 0.717) is 71.0 Å². The van der Waals surface area contributed by atoms with Crippen molar-refractivity contribution in [2.45, 2.75) is 140 Å². The van der Waals surface area contributed by atoms with Gasteiger partial charge in [-0.25, -0.2) is 18.4 Å². The summed E-state index contributed by atoms with van der Waals surface area (Å²) in [5.74, 6) is -0.631. The Balaban J connectivity index is 1.27. The van der Waals surface area contributed by atoms with Crippen LogP contribution >= 0.6 is 0 Å². The van der Waals surface area contributed by atoms with Gasteiger partial charge in [0.2, 0.25) is 27.5 Å². The lowest BCUT2D eigenvalue weighted by molar-refractivity contribution is -0.438. The molecule has 3 aromatic carbocycles. The minimum Gasteiger partial charge on any atom is -0.444 e. The van der Waals surface area contributed by atoms with Crippen molar-refractivity contribution >= 4 is 60.8 Å². The first kappa shape index (κ1) is 55.3. The van der Waals surface area contributed by atoms with Gasteiger partial charge in [-0.2, -0.15) is 13.0 Å². The molecule has 2 aliphatic rings. The van der Waals surface area contributed by atoms with Gasteiger partial charge < -0.3 is 25.6 Å². The van der Waals surface area contributed by atoms with Gasteiger partial charge in [0.05, 0.1) is 16.1 Å². The molecule has 2 atom stereocenters. The van der Waals surface area contributed by atoms with E-state index in [4.69, 9.17) is 9.88 Å². The standard InChI is InChI=1S/C53H72N6O9S2/c1-8-55-49(61)43(57-50(62)68-51(2,3)4)27-19-21-35-56-48(60)31-16-11-22-36-58-44-33-32-40(70(54,66)67)38-42(44)52(5,6)46(58)29-14-10-15-30-47-53(7,34-20-23-37-69(63,64)65)41-26-17-18-28-45(41)59(47)39-24-12-9-13-25-39/h9-10,12-15,17-18,24-26,28-30,32-33,38,43H,8,11,16,19-23,27,31,34-37H2,1-7H3,(H5-,54,55,56,57,60,61,62,63,64,65,66,67)/p+1/t43-,53?/m0/s1. The first-order valence-corrected chi connectivity index (χ1v) is 27.4. The summed E-state index contributed by atoms with van der Waals surface area (Å²) in [6, 6.07) is 22.6. The lowest BCUT2D eigenvalue weighted by atomic mass is 9.77. The predicted molar refractivity (Wildman–Crippen MR) is 277 cm³/mol. The van der Waals surface area contributed by atoms with Crippen LogP contribution in [0.25, 0.3) is 0 Å². The van der Waals surface area contributed by atoms with Crippen LogP contribution in [0.15, 0.2) is 114 Å². The molecule has 17 heteroatoms. The number of amides is 3. The number of nitrogens with zero attached hydrogens (tertiary/aromatic N) is 2. The molecule has 15 nitrogen and oxygen atoms in total. The summed E-state index contributed by atoms with van der Waals surface area (Å²) in [6.07, 6.45) is 15.2. The van der Waals surface area contributed by atoms with Gasteiger partial charge in [0.1, 0.15) is 18.2 Å². The van der Waals surface area contributed by atoms with E-state index < -0.39 is 48.7 Å². The first-order valence-electron chi connectivity index (χ1n) is 24.3. The predicted octanol–water partition coefficient (Wildman–Crippen LogP) is 8.75. The molecule has 1 unspecified atom stereocenters. The van der Waals surface area contributed by atoms with Crippen LogP contribution < -0.4 is 26.0 Å². The second-order valence-corrected chi connectivity index (χ2v) is 22.8. The number of fused-ring (bicyclic) bond motifs is 2. The third kappa shape index (κ3) is 15.0. The fourth-order valence-corrected chi connectivity index (χ4v) is 10.4. The van der Waals surface area contributed by atoms with E-state index in [0.717, 1.165) is 52.4 Å². The Morgan fingerprint density at radius 3 is 2.24 bits per heavy atom. The molecule has 0 aromatic heterocycles. The highest BCUT2D eigenvalue weighted by atomic mass is 32.2. The minimum atomic E-state index is -4.07. The molecule has 3 amide bonds. The highest BCUT2D eigenvalue weighted by molar-refractivity contribution is 7.89. The van der Waals surface area contributed by atoms with Crippen LogP contribution in [0.3, 0.4) is 0 Å². The molecule has 70 heavy (non-hydrogen) atoms. The van der Waals surface area contributed by atoms with Crippen LogP contribution in [-0.4, -0.2) is 86.6 Å². The van der Waals surface area contributed by atoms with Crippen molar-refractivity contribution < 1.29 is 45.1 Å². The van der Waals surface area contributed by atoms with Gasteiger partial charge in [-0.1, -0.05) is 61.0 Å². The van der Waals surface area contributed by atoms with E-state index in [1.54, 1.807) is 26.8 Å². The van der Waals surface area contributed by atoms with Crippen molar-refractivity contribution in [1.29, 1.82) is 0 Å². The highest BCUT2D eigenvalue weighted by Gasteiger charge is 2.45. The fraction of sp³-hybridized carbons (Fsp3) is 0.472. The number of unbranched alkanes of at least 4 members (excludes halogenated alkanes) is 4. The second kappa shape index (κ2) is 24.0. The Morgan fingerprint density at radius 2 is 1.56 bits per heavy atom. The smallest absolute Gasteiger partial charge is 0.408 e. The zero-order valence-electron chi connectivity index (χ0n) is 41.8. The van der Waals surface area contributed by atoms with Crippen LogP contribution in [0.2, 0.25) is 0 Å². The zero-order valence-corrected chi connectivity index (χ0v) is 43.4. The number of hydrogen-bond acceptors (Lipinski definition) is 9. The van der Waals surface area contributed by atoms with Crippen LogP contribution in [0, 0.1) is 0 Å². The Hall–Kier alpha value is -5.62. The molecule has 2 heterocycles. The molecule has 0 fully saturated rings. The number of hydrogen-bond donors (Lipinski definition) is 5. The highest BCUT2D eigenvalue weighted by Crippen LogP contribution is 2.53. The van der Waals surface area contributed by atoms with Gasteiger partial charge >= 0.3 is 6.09 Å². The van der Waals surface area contributed by atoms with Crippen LogP contribution in [-0.2, 0) is 45.3 Å². The minimum absolute atomic E-state index is 0.0443. The summed E-state index contributed by atoms with van der Waals surface area (Å²) >= 11 is 0. The number of likely N-dealkylation sites (N-methyl/N-ethyl adjacent to an activating group) is 1. The van der Waals surface area contributed by atoms with Crippen molar-refractivity contribution in [3.8, 4) is 0 Å². The SMILES string of the molecule is CCNC(=O)[C@H](CCCCNC(=O)CCCCC[N+]1=C(/C=C/C=C/C=C2/N(c3ccccc3)c3ccccc3C2(C)CCCCS(=O)(=O)O)C(C)(C)c2cc(S(N)(=O)=O)ccc21)NC(=O)OC(C)(C)C. The first-order chi connectivity index (χ1) is 33.0. The van der Waals surface area contributed by atoms with Gasteiger partial charge in [0.25, 0.3) is 10.1 Å². The monoisotopic (exact) mass is 1000 g/mol. The number of para-hydroxylation sites is 2. The van der Waals surface area contributed by atoms with Gasteiger partial charge in [-0.3, -0.25) is 14.1 Å². The number of anilines is 2. The maximum atomic E-state index is 12.8. The summed E-state index contributed by atoms with van der Waals surface area (Å²) < 4.78 is 65.0. The number of sulfonamides is 1. The van der Waals surface area contributed by atoms with Crippen LogP contribution in [0.1, 0.15) is 124 Å². The number of primary sulfonamides is 1. The number of alkyl carbamates (subject to hydrolysis) is 1. The van der Waals surface area contributed by atoms with Gasteiger partial charge in [0.15, 0.2) is 5.71 Å². The lowest BCUT2D eigenvalue weighted by Crippen LogP contribution is -2.48. The third-order valence-electron chi connectivity index (χ3n) is 12.7. The molecule has 2 aliphatic heterocycles. The van der Waals surface area contributed by atoms with E-state index in [9.17, 15) is 35.8 Å². The van der Waals surface area contributed by atoms with Crippen molar-refractivity contribution in [2.75, 3.05) is 30.3 Å². The summed E-state index contributed by atoms with van der Waals surface area (Å²) in [7, 11) is -8.03. The van der Waals surface area contributed by atoms with E-state index >= 15 is 0 Å². The summed E-state index contributed by atoms with van der Waals surface area (Å²) in [4.78, 5) is 40.0. The Morgan fingerprint density at radius 1 is 0.843 bits per heavy atom. The van der Waals surface area contributed by atoms with Crippen molar-refractivity contribution in [1.82, 2.24) is 16.0 Å². The van der Waals surface area contributed by atoms with Crippen molar-refractivity contribution in [3.63, 3.8) is 0 Å². The van der Waals surface area contributed by atoms with E-state index in [1.807, 2.05) is 61.5 Å². The normalized spacial score (nSPS) is 17.8. The summed E-state index contributed by atoms with van der Waals surface area (Å²) in [6.45, 7) is 14.9. The maximum absolute atomic E-state index is 12.8. The molecule has 0 radical (unpaired) electrons. The number of ether oxygens (including phenoxy) is 1. The lowest BCUT2D eigenvalue weighted by Gasteiger charge is -2.30. The summed E-state index contributed by atoms with van der Waals surface area (Å²) in [5.41, 5.74) is 5.16. The number of benzene rings is 3. The number of nitrogens with one attached hydrogen (secondary N) is 3. The number of allylic oxidation sites excluding steroid dienone is 6. The number of nitrogens with two attached hydrogens (primary N) is 1. The molecule has 0 saturated carbocycles. The second-order valence-electron chi connectivity index (χ2n) is 19.7. The van der Waals surface area contributed by atoms with Crippen LogP contribution in [0.4, 0.5) is 21.9 Å². The molecular formula is C53H73N6O9S2+. The van der Waals surface area contributed by atoms with Gasteiger partial charge in [-0.05, 0) is 135 Å². The number of rotatable bonds is 24. The van der Waals surface area contributed by atoms with E-state index in [1.165, 1.54) is 6.07 Å².